The number of ether oxygens (including phenoxy) is 1. The molecule has 2 saturated heterocycles. The molecule has 0 spiro atoms. The first-order chi connectivity index (χ1) is 10.1. The molecule has 2 bridgehead atoms. The molecule has 0 aromatic rings. The number of nitrogens with one attached hydrogen (secondary N) is 1. The Morgan fingerprint density at radius 3 is 2.14 bits per heavy atom. The molecule has 0 amide bonds. The summed E-state index contributed by atoms with van der Waals surface area (Å²) in [4.78, 5) is 15.1. The lowest BCUT2D eigenvalue weighted by Crippen LogP contribution is -2.63. The van der Waals surface area contributed by atoms with Crippen molar-refractivity contribution in [2.45, 2.75) is 87.9 Å². The molecule has 2 heterocycles. The van der Waals surface area contributed by atoms with Crippen LogP contribution in [0, 0.1) is 0 Å². The molecule has 0 aromatic heterocycles. The minimum Gasteiger partial charge on any atom is -0.468 e. The minimum absolute atomic E-state index is 0.0308. The number of rotatable bonds is 3. The largest absolute Gasteiger partial charge is 0.468 e. The third-order valence-corrected chi connectivity index (χ3v) is 6.06. The van der Waals surface area contributed by atoms with Crippen molar-refractivity contribution in [1.82, 2.24) is 10.2 Å². The Morgan fingerprint density at radius 2 is 1.62 bits per heavy atom. The number of piperidine rings is 1. The number of esters is 1. The van der Waals surface area contributed by atoms with Gasteiger partial charge in [0.25, 0.3) is 0 Å². The predicted octanol–water partition coefficient (Wildman–Crippen LogP) is 2.47. The van der Waals surface area contributed by atoms with E-state index in [9.17, 15) is 4.79 Å². The van der Waals surface area contributed by atoms with E-state index in [-0.39, 0.29) is 5.97 Å². The Labute approximate surface area is 128 Å². The van der Waals surface area contributed by atoms with Crippen LogP contribution >= 0.6 is 0 Å². The quantitative estimate of drug-likeness (QED) is 0.641. The van der Waals surface area contributed by atoms with E-state index in [1.807, 2.05) is 0 Å². The molecule has 3 fully saturated rings. The minimum atomic E-state index is -0.428. The van der Waals surface area contributed by atoms with Crippen LogP contribution in [0.5, 0.6) is 0 Å². The van der Waals surface area contributed by atoms with Crippen molar-refractivity contribution in [3.05, 3.63) is 0 Å². The lowest BCUT2D eigenvalue weighted by molar-refractivity contribution is -0.152. The van der Waals surface area contributed by atoms with Gasteiger partial charge in [-0.15, -0.1) is 0 Å². The maximum Gasteiger partial charge on any atom is 0.326 e. The van der Waals surface area contributed by atoms with Gasteiger partial charge in [-0.25, -0.2) is 0 Å². The van der Waals surface area contributed by atoms with Crippen LogP contribution in [-0.4, -0.2) is 48.7 Å². The zero-order valence-corrected chi connectivity index (χ0v) is 13.6. The SMILES string of the molecule is COC(=O)C1(NC2CCCCCC2)CC2CCC(C1)N2C. The number of hydrogen-bond acceptors (Lipinski definition) is 4. The molecule has 3 rings (SSSR count). The molecule has 4 heteroatoms. The van der Waals surface area contributed by atoms with Gasteiger partial charge in [-0.05, 0) is 45.6 Å². The lowest BCUT2D eigenvalue weighted by Gasteiger charge is -2.45. The van der Waals surface area contributed by atoms with Crippen molar-refractivity contribution in [3.8, 4) is 0 Å². The molecular formula is C17H30N2O2. The predicted molar refractivity (Wildman–Crippen MR) is 83.2 cm³/mol. The Kier molecular flexibility index (Phi) is 4.55. The molecule has 3 aliphatic rings. The van der Waals surface area contributed by atoms with E-state index in [2.05, 4.69) is 17.3 Å². The van der Waals surface area contributed by atoms with Crippen LogP contribution in [0.25, 0.3) is 0 Å². The summed E-state index contributed by atoms with van der Waals surface area (Å²) in [5.74, 6) is -0.0308. The maximum absolute atomic E-state index is 12.6. The van der Waals surface area contributed by atoms with Crippen LogP contribution < -0.4 is 5.32 Å². The van der Waals surface area contributed by atoms with Crippen LogP contribution in [-0.2, 0) is 9.53 Å². The first-order valence-corrected chi connectivity index (χ1v) is 8.73. The zero-order chi connectivity index (χ0) is 14.9. The van der Waals surface area contributed by atoms with Crippen LogP contribution in [0.2, 0.25) is 0 Å². The Hall–Kier alpha value is -0.610. The summed E-state index contributed by atoms with van der Waals surface area (Å²) >= 11 is 0. The third-order valence-electron chi connectivity index (χ3n) is 6.06. The molecule has 2 unspecified atom stereocenters. The second-order valence-electron chi connectivity index (χ2n) is 7.37. The molecule has 21 heavy (non-hydrogen) atoms. The van der Waals surface area contributed by atoms with Crippen LogP contribution in [0.4, 0.5) is 0 Å². The highest BCUT2D eigenvalue weighted by Crippen LogP contribution is 2.41. The van der Waals surface area contributed by atoms with E-state index in [1.165, 1.54) is 51.4 Å². The summed E-state index contributed by atoms with van der Waals surface area (Å²) in [6.07, 6.45) is 12.0. The molecule has 2 aliphatic heterocycles. The van der Waals surface area contributed by atoms with Gasteiger partial charge in [0, 0.05) is 18.1 Å². The Morgan fingerprint density at radius 1 is 1.05 bits per heavy atom. The second-order valence-corrected chi connectivity index (χ2v) is 7.37. The fourth-order valence-electron chi connectivity index (χ4n) is 4.82. The topological polar surface area (TPSA) is 41.6 Å². The molecule has 4 nitrogen and oxygen atoms in total. The van der Waals surface area contributed by atoms with Crippen molar-refractivity contribution >= 4 is 5.97 Å². The number of carbonyl (C=O) groups is 1. The number of methoxy groups -OCH3 is 1. The van der Waals surface area contributed by atoms with Gasteiger partial charge in [0.05, 0.1) is 7.11 Å². The van der Waals surface area contributed by atoms with E-state index in [1.54, 1.807) is 7.11 Å². The standard InChI is InChI=1S/C17H30N2O2/c1-19-14-9-10-15(19)12-17(11-14,16(20)21-2)18-13-7-5-3-4-6-8-13/h13-15,18H,3-12H2,1-2H3. The molecular weight excluding hydrogens is 264 g/mol. The van der Waals surface area contributed by atoms with Crippen molar-refractivity contribution in [1.29, 1.82) is 0 Å². The summed E-state index contributed by atoms with van der Waals surface area (Å²) in [6, 6.07) is 1.58. The van der Waals surface area contributed by atoms with Crippen LogP contribution in [0.3, 0.4) is 0 Å². The average molecular weight is 294 g/mol. The molecule has 1 aliphatic carbocycles. The van der Waals surface area contributed by atoms with Gasteiger partial charge < -0.3 is 9.64 Å². The van der Waals surface area contributed by atoms with Gasteiger partial charge in [0.1, 0.15) is 5.54 Å². The first kappa shape index (κ1) is 15.3. The van der Waals surface area contributed by atoms with E-state index < -0.39 is 5.54 Å². The summed E-state index contributed by atoms with van der Waals surface area (Å²) in [5, 5.41) is 3.78. The highest BCUT2D eigenvalue weighted by Gasteiger charge is 2.52. The Bertz CT molecular complexity index is 363. The van der Waals surface area contributed by atoms with Crippen molar-refractivity contribution in [2.75, 3.05) is 14.2 Å². The van der Waals surface area contributed by atoms with Gasteiger partial charge in [-0.1, -0.05) is 25.7 Å². The molecule has 120 valence electrons. The smallest absolute Gasteiger partial charge is 0.326 e. The molecule has 1 N–H and O–H groups in total. The van der Waals surface area contributed by atoms with E-state index in [0.29, 0.717) is 18.1 Å². The van der Waals surface area contributed by atoms with Crippen molar-refractivity contribution in [3.63, 3.8) is 0 Å². The van der Waals surface area contributed by atoms with Gasteiger partial charge in [-0.2, -0.15) is 0 Å². The summed E-state index contributed by atoms with van der Waals surface area (Å²) in [6.45, 7) is 0. The number of nitrogens with zero attached hydrogens (tertiary/aromatic N) is 1. The van der Waals surface area contributed by atoms with Crippen LogP contribution in [0.15, 0.2) is 0 Å². The lowest BCUT2D eigenvalue weighted by atomic mass is 9.81. The van der Waals surface area contributed by atoms with Gasteiger partial charge >= 0.3 is 5.97 Å². The first-order valence-electron chi connectivity index (χ1n) is 8.73. The number of hydrogen-bond donors (Lipinski definition) is 1. The van der Waals surface area contributed by atoms with Crippen molar-refractivity contribution in [2.24, 2.45) is 0 Å². The summed E-state index contributed by atoms with van der Waals surface area (Å²) in [7, 11) is 3.76. The number of carbonyl (C=O) groups excluding carboxylic acids is 1. The summed E-state index contributed by atoms with van der Waals surface area (Å²) < 4.78 is 5.21. The normalized spacial score (nSPS) is 38.2. The average Bonchev–Trinajstić information content (AvgIpc) is 2.73. The maximum atomic E-state index is 12.6. The summed E-state index contributed by atoms with van der Waals surface area (Å²) in [5.41, 5.74) is -0.428. The number of fused-ring (bicyclic) bond motifs is 2. The fourth-order valence-corrected chi connectivity index (χ4v) is 4.82. The van der Waals surface area contributed by atoms with E-state index >= 15 is 0 Å². The highest BCUT2D eigenvalue weighted by atomic mass is 16.5. The van der Waals surface area contributed by atoms with Crippen molar-refractivity contribution < 1.29 is 9.53 Å². The van der Waals surface area contributed by atoms with Crippen LogP contribution in [0.1, 0.15) is 64.2 Å². The van der Waals surface area contributed by atoms with Gasteiger partial charge in [0.2, 0.25) is 0 Å². The highest BCUT2D eigenvalue weighted by molar-refractivity contribution is 5.81. The molecule has 0 radical (unpaired) electrons. The van der Waals surface area contributed by atoms with Gasteiger partial charge in [-0.3, -0.25) is 10.1 Å². The molecule has 0 aromatic carbocycles. The Balaban J connectivity index is 1.76. The fraction of sp³-hybridized carbons (Fsp3) is 0.941. The molecule has 2 atom stereocenters. The zero-order valence-electron chi connectivity index (χ0n) is 13.6. The van der Waals surface area contributed by atoms with E-state index in [4.69, 9.17) is 4.74 Å². The third kappa shape index (κ3) is 2.98. The molecule has 1 saturated carbocycles. The van der Waals surface area contributed by atoms with E-state index in [0.717, 1.165) is 12.8 Å². The van der Waals surface area contributed by atoms with Gasteiger partial charge in [0.15, 0.2) is 0 Å². The monoisotopic (exact) mass is 294 g/mol. The second kappa shape index (κ2) is 6.25.